The molecule has 0 aliphatic rings. The Morgan fingerprint density at radius 1 is 1.03 bits per heavy atom. The highest BCUT2D eigenvalue weighted by atomic mass is 16.4. The monoisotopic (exact) mass is 452 g/mol. The molecule has 13 nitrogen and oxygen atoms in total. The van der Waals surface area contributed by atoms with Crippen LogP contribution < -0.4 is 16.4 Å². The van der Waals surface area contributed by atoms with E-state index in [1.807, 2.05) is 4.90 Å². The van der Waals surface area contributed by atoms with E-state index in [2.05, 4.69) is 24.9 Å². The fraction of sp³-hybridized carbons (Fsp3) is 0.200. The zero-order chi connectivity index (χ0) is 24.1. The molecule has 2 heterocycles. The van der Waals surface area contributed by atoms with Crippen molar-refractivity contribution in [2.75, 3.05) is 23.4 Å². The Balaban J connectivity index is 1.73. The minimum absolute atomic E-state index is 0.00972. The van der Waals surface area contributed by atoms with E-state index in [4.69, 9.17) is 21.7 Å². The van der Waals surface area contributed by atoms with Gasteiger partial charge in [0.25, 0.3) is 5.91 Å². The summed E-state index contributed by atoms with van der Waals surface area (Å²) in [6.07, 6.45) is 0.749. The summed E-state index contributed by atoms with van der Waals surface area (Å²) in [5.74, 6) is -3.26. The summed E-state index contributed by atoms with van der Waals surface area (Å²) in [5.41, 5.74) is 13.0. The Kier molecular flexibility index (Phi) is 6.71. The second-order valence-electron chi connectivity index (χ2n) is 6.97. The summed E-state index contributed by atoms with van der Waals surface area (Å²) >= 11 is 0. The molecule has 170 valence electrons. The summed E-state index contributed by atoms with van der Waals surface area (Å²) < 4.78 is 0. The number of amides is 1. The van der Waals surface area contributed by atoms with Gasteiger partial charge in [0, 0.05) is 24.7 Å². The van der Waals surface area contributed by atoms with Gasteiger partial charge in [-0.05, 0) is 24.3 Å². The number of hydrogen-bond acceptors (Lipinski definition) is 10. The van der Waals surface area contributed by atoms with Crippen molar-refractivity contribution in [2.45, 2.75) is 19.4 Å². The highest BCUT2D eigenvalue weighted by Crippen LogP contribution is 2.19. The van der Waals surface area contributed by atoms with Crippen molar-refractivity contribution < 1.29 is 24.6 Å². The lowest BCUT2D eigenvalue weighted by Gasteiger charge is -2.19. The molecule has 3 aromatic rings. The first-order chi connectivity index (χ1) is 15.6. The predicted octanol–water partition coefficient (Wildman–Crippen LogP) is 0.751. The van der Waals surface area contributed by atoms with Crippen molar-refractivity contribution >= 4 is 52.2 Å². The van der Waals surface area contributed by atoms with Crippen molar-refractivity contribution in [3.8, 4) is 0 Å². The molecule has 0 aliphatic heterocycles. The molecule has 0 atom stereocenters. The van der Waals surface area contributed by atoms with E-state index in [1.54, 1.807) is 25.4 Å². The number of anilines is 3. The van der Waals surface area contributed by atoms with Crippen molar-refractivity contribution in [1.82, 2.24) is 19.9 Å². The van der Waals surface area contributed by atoms with Gasteiger partial charge >= 0.3 is 11.9 Å². The van der Waals surface area contributed by atoms with E-state index in [9.17, 15) is 14.4 Å². The van der Waals surface area contributed by atoms with Gasteiger partial charge in [0.05, 0.1) is 24.9 Å². The number of nitrogens with zero attached hydrogens (tertiary/aromatic N) is 6. The van der Waals surface area contributed by atoms with Crippen LogP contribution in [0.5, 0.6) is 0 Å². The van der Waals surface area contributed by atoms with Crippen LogP contribution in [0.1, 0.15) is 28.9 Å². The van der Waals surface area contributed by atoms with Crippen LogP contribution in [0, 0.1) is 0 Å². The van der Waals surface area contributed by atoms with E-state index in [-0.39, 0.29) is 23.8 Å². The number of carboxylic acid groups (broad SMARTS) is 2. The number of aromatic nitrogens is 4. The molecule has 3 rings (SSSR count). The molecule has 0 saturated carbocycles. The van der Waals surface area contributed by atoms with Crippen LogP contribution in [0.25, 0.3) is 11.2 Å². The van der Waals surface area contributed by atoms with Crippen LogP contribution in [0.3, 0.4) is 0 Å². The Labute approximate surface area is 186 Å². The largest absolute Gasteiger partial charge is 0.481 e. The third-order valence-corrected chi connectivity index (χ3v) is 4.51. The molecule has 1 aromatic carbocycles. The first-order valence-electron chi connectivity index (χ1n) is 9.57. The maximum Gasteiger partial charge on any atom is 0.350 e. The van der Waals surface area contributed by atoms with Gasteiger partial charge in [-0.2, -0.15) is 9.97 Å². The lowest BCUT2D eigenvalue weighted by atomic mass is 10.1. The number of hydrogen-bond donors (Lipinski definition) is 4. The molecule has 1 amide bonds. The molecule has 0 spiro atoms. The van der Waals surface area contributed by atoms with Crippen LogP contribution in [0.2, 0.25) is 0 Å². The average Bonchev–Trinajstić information content (AvgIpc) is 2.76. The van der Waals surface area contributed by atoms with Gasteiger partial charge < -0.3 is 26.6 Å². The first kappa shape index (κ1) is 23.0. The van der Waals surface area contributed by atoms with Crippen LogP contribution in [0.4, 0.5) is 17.5 Å². The maximum absolute atomic E-state index is 12.3. The number of aliphatic carboxylic acids is 2. The second-order valence-corrected chi connectivity index (χ2v) is 6.97. The van der Waals surface area contributed by atoms with Crippen LogP contribution in [0.15, 0.2) is 35.5 Å². The molecule has 0 fully saturated rings. The summed E-state index contributed by atoms with van der Waals surface area (Å²) in [6, 6.07) is 6.31. The Hall–Kier alpha value is -4.68. The van der Waals surface area contributed by atoms with Crippen molar-refractivity contribution in [3.05, 3.63) is 41.7 Å². The summed E-state index contributed by atoms with van der Waals surface area (Å²) in [6.45, 7) is 0.358. The molecule has 0 aliphatic carbocycles. The topological polar surface area (TPSA) is 211 Å². The minimum Gasteiger partial charge on any atom is -0.481 e. The first-order valence-corrected chi connectivity index (χ1v) is 9.57. The third kappa shape index (κ3) is 5.72. The highest BCUT2D eigenvalue weighted by molar-refractivity contribution is 6.38. The van der Waals surface area contributed by atoms with Crippen LogP contribution >= 0.6 is 0 Å². The van der Waals surface area contributed by atoms with Crippen molar-refractivity contribution in [2.24, 2.45) is 4.99 Å². The molecule has 13 heteroatoms. The molecule has 0 radical (unpaired) electrons. The maximum atomic E-state index is 12.3. The number of benzene rings is 1. The van der Waals surface area contributed by atoms with E-state index in [0.29, 0.717) is 23.4 Å². The molecular weight excluding hydrogens is 432 g/mol. The highest BCUT2D eigenvalue weighted by Gasteiger charge is 2.15. The molecule has 6 N–H and O–H groups in total. The number of nitrogens with two attached hydrogens (primary N) is 2. The fourth-order valence-electron chi connectivity index (χ4n) is 2.87. The SMILES string of the molecule is CN(Cc1cnc2nc(N)nc(N)c2n1)c1ccc(C(=O)N=C(CCC(=O)O)C(=O)O)cc1. The normalized spacial score (nSPS) is 11.4. The molecule has 0 saturated heterocycles. The quantitative estimate of drug-likeness (QED) is 0.349. The van der Waals surface area contributed by atoms with Crippen LogP contribution in [-0.4, -0.2) is 60.8 Å². The summed E-state index contributed by atoms with van der Waals surface area (Å²) in [5, 5.41) is 17.8. The molecule has 0 bridgehead atoms. The van der Waals surface area contributed by atoms with Gasteiger partial charge in [0.15, 0.2) is 17.0 Å². The zero-order valence-corrected chi connectivity index (χ0v) is 17.5. The van der Waals surface area contributed by atoms with E-state index >= 15 is 0 Å². The van der Waals surface area contributed by atoms with Gasteiger partial charge in [-0.25, -0.2) is 19.8 Å². The fourth-order valence-corrected chi connectivity index (χ4v) is 2.87. The van der Waals surface area contributed by atoms with E-state index < -0.39 is 30.0 Å². The second kappa shape index (κ2) is 9.64. The van der Waals surface area contributed by atoms with E-state index in [1.165, 1.54) is 12.1 Å². The predicted molar refractivity (Wildman–Crippen MR) is 119 cm³/mol. The molecule has 2 aromatic heterocycles. The number of nitrogen functional groups attached to an aromatic ring is 2. The average molecular weight is 452 g/mol. The standard InChI is InChI=1S/C20H20N8O5/c1-28(9-11-8-23-17-15(24-11)16(21)26-20(22)27-17)12-4-2-10(3-5-12)18(31)25-13(19(32)33)6-7-14(29)30/h2-5,8H,6-7,9H2,1H3,(H,29,30)(H,32,33)(H4,21,22,23,26,27). The number of carbonyl (C=O) groups is 3. The van der Waals surface area contributed by atoms with Gasteiger partial charge in [0.2, 0.25) is 5.95 Å². The zero-order valence-electron chi connectivity index (χ0n) is 17.5. The lowest BCUT2D eigenvalue weighted by Crippen LogP contribution is -2.18. The molecule has 33 heavy (non-hydrogen) atoms. The van der Waals surface area contributed by atoms with Crippen molar-refractivity contribution in [3.63, 3.8) is 0 Å². The van der Waals surface area contributed by atoms with Gasteiger partial charge in [-0.15, -0.1) is 0 Å². The van der Waals surface area contributed by atoms with Gasteiger partial charge in [-0.1, -0.05) is 0 Å². The lowest BCUT2D eigenvalue weighted by molar-refractivity contribution is -0.136. The van der Waals surface area contributed by atoms with Crippen molar-refractivity contribution in [1.29, 1.82) is 0 Å². The van der Waals surface area contributed by atoms with Gasteiger partial charge in [-0.3, -0.25) is 9.59 Å². The van der Waals surface area contributed by atoms with Crippen LogP contribution in [-0.2, 0) is 16.1 Å². The third-order valence-electron chi connectivity index (χ3n) is 4.51. The number of carbonyl (C=O) groups excluding carboxylic acids is 1. The summed E-state index contributed by atoms with van der Waals surface area (Å²) in [7, 11) is 1.80. The Bertz CT molecular complexity index is 1260. The molecular formula is C20H20N8O5. The summed E-state index contributed by atoms with van der Waals surface area (Å²) in [4.78, 5) is 56.0. The number of fused-ring (bicyclic) bond motifs is 1. The van der Waals surface area contributed by atoms with E-state index in [0.717, 1.165) is 5.69 Å². The Morgan fingerprint density at radius 3 is 2.36 bits per heavy atom. The number of aliphatic imine (C=N–C) groups is 1. The Morgan fingerprint density at radius 2 is 1.73 bits per heavy atom. The minimum atomic E-state index is -1.44. The van der Waals surface area contributed by atoms with Gasteiger partial charge in [0.1, 0.15) is 5.71 Å². The smallest absolute Gasteiger partial charge is 0.350 e. The molecule has 0 unspecified atom stereocenters. The number of rotatable bonds is 8. The number of carboxylic acids is 2.